The molecular formula is C22H28FNO4. The lowest BCUT2D eigenvalue weighted by molar-refractivity contribution is -0.159. The highest BCUT2D eigenvalue weighted by Crippen LogP contribution is 2.36. The number of ether oxygens (including phenoxy) is 2. The number of furan rings is 1. The number of hydrogen-bond acceptors (Lipinski definition) is 5. The number of benzene rings is 1. The van der Waals surface area contributed by atoms with Crippen molar-refractivity contribution in [1.29, 1.82) is 0 Å². The van der Waals surface area contributed by atoms with Gasteiger partial charge in [-0.2, -0.15) is 0 Å². The number of methoxy groups -OCH3 is 1. The van der Waals surface area contributed by atoms with Gasteiger partial charge in [0.1, 0.15) is 23.9 Å². The van der Waals surface area contributed by atoms with Crippen molar-refractivity contribution in [3.8, 4) is 0 Å². The van der Waals surface area contributed by atoms with E-state index in [1.54, 1.807) is 32.2 Å². The first-order valence-electron chi connectivity index (χ1n) is 9.76. The van der Waals surface area contributed by atoms with Crippen molar-refractivity contribution in [3.63, 3.8) is 0 Å². The summed E-state index contributed by atoms with van der Waals surface area (Å²) in [6, 6.07) is 10.5. The van der Waals surface area contributed by atoms with Gasteiger partial charge in [-0.25, -0.2) is 4.39 Å². The van der Waals surface area contributed by atoms with E-state index in [9.17, 15) is 9.18 Å². The molecule has 0 bridgehead atoms. The molecule has 1 aliphatic heterocycles. The number of carbonyl (C=O) groups is 1. The van der Waals surface area contributed by atoms with Gasteiger partial charge in [0.05, 0.1) is 18.6 Å². The minimum Gasteiger partial charge on any atom is -0.466 e. The van der Waals surface area contributed by atoms with Crippen molar-refractivity contribution >= 4 is 5.97 Å². The molecule has 6 heteroatoms. The van der Waals surface area contributed by atoms with E-state index in [2.05, 4.69) is 4.90 Å². The molecule has 1 aliphatic rings. The van der Waals surface area contributed by atoms with Crippen molar-refractivity contribution in [2.45, 2.75) is 39.3 Å². The van der Waals surface area contributed by atoms with Gasteiger partial charge >= 0.3 is 5.97 Å². The zero-order valence-corrected chi connectivity index (χ0v) is 16.6. The highest BCUT2D eigenvalue weighted by Gasteiger charge is 2.44. The molecule has 1 aromatic heterocycles. The molecule has 2 heterocycles. The van der Waals surface area contributed by atoms with Gasteiger partial charge in [0, 0.05) is 13.7 Å². The van der Waals surface area contributed by atoms with Crippen LogP contribution in [0.2, 0.25) is 0 Å². The van der Waals surface area contributed by atoms with Crippen molar-refractivity contribution in [2.75, 3.05) is 26.8 Å². The van der Waals surface area contributed by atoms with Gasteiger partial charge in [0.15, 0.2) is 0 Å². The monoisotopic (exact) mass is 389 g/mol. The first-order valence-corrected chi connectivity index (χ1v) is 9.76. The molecule has 3 rings (SSSR count). The highest BCUT2D eigenvalue weighted by atomic mass is 19.1. The molecule has 152 valence electrons. The van der Waals surface area contributed by atoms with Crippen LogP contribution in [0.4, 0.5) is 4.39 Å². The molecule has 5 nitrogen and oxygen atoms in total. The van der Waals surface area contributed by atoms with Gasteiger partial charge in [0.25, 0.3) is 0 Å². The number of nitrogens with zero attached hydrogens (tertiary/aromatic N) is 1. The van der Waals surface area contributed by atoms with Gasteiger partial charge < -0.3 is 13.9 Å². The molecular weight excluding hydrogens is 361 g/mol. The number of piperidine rings is 1. The van der Waals surface area contributed by atoms with Crippen LogP contribution in [-0.4, -0.2) is 37.7 Å². The van der Waals surface area contributed by atoms with Crippen molar-refractivity contribution < 1.29 is 23.1 Å². The van der Waals surface area contributed by atoms with Crippen LogP contribution in [0.25, 0.3) is 0 Å². The highest BCUT2D eigenvalue weighted by molar-refractivity contribution is 5.77. The second kappa shape index (κ2) is 9.34. The van der Waals surface area contributed by atoms with Gasteiger partial charge in [-0.3, -0.25) is 9.69 Å². The average molecular weight is 389 g/mol. The van der Waals surface area contributed by atoms with E-state index >= 15 is 0 Å². The summed E-state index contributed by atoms with van der Waals surface area (Å²) in [6.07, 6.45) is 1.87. The van der Waals surface area contributed by atoms with Crippen LogP contribution in [0.3, 0.4) is 0 Å². The Balaban J connectivity index is 1.78. The third-order valence-electron chi connectivity index (χ3n) is 5.23. The number of carbonyl (C=O) groups excluding carboxylic acids is 1. The maximum absolute atomic E-state index is 14.3. The fraction of sp³-hybridized carbons (Fsp3) is 0.500. The molecule has 2 aromatic rings. The van der Waals surface area contributed by atoms with Crippen molar-refractivity contribution in [3.05, 3.63) is 59.3 Å². The number of likely N-dealkylation sites (tertiary alicyclic amines) is 1. The van der Waals surface area contributed by atoms with E-state index in [1.807, 2.05) is 12.1 Å². The molecule has 1 saturated heterocycles. The molecule has 0 amide bonds. The summed E-state index contributed by atoms with van der Waals surface area (Å²) in [5.74, 6) is 1.08. The van der Waals surface area contributed by atoms with E-state index in [0.29, 0.717) is 44.7 Å². The normalized spacial score (nSPS) is 20.2. The van der Waals surface area contributed by atoms with E-state index in [1.165, 1.54) is 6.07 Å². The summed E-state index contributed by atoms with van der Waals surface area (Å²) >= 11 is 0. The fourth-order valence-electron chi connectivity index (χ4n) is 3.98. The molecule has 0 aliphatic carbocycles. The van der Waals surface area contributed by atoms with Crippen LogP contribution in [0.1, 0.15) is 36.8 Å². The smallest absolute Gasteiger partial charge is 0.313 e. The van der Waals surface area contributed by atoms with Crippen LogP contribution in [0.15, 0.2) is 40.8 Å². The molecule has 0 N–H and O–H groups in total. The van der Waals surface area contributed by atoms with Crippen LogP contribution in [-0.2, 0) is 33.8 Å². The molecule has 0 radical (unpaired) electrons. The Bertz CT molecular complexity index is 790. The predicted octanol–water partition coefficient (Wildman–Crippen LogP) is 3.95. The summed E-state index contributed by atoms with van der Waals surface area (Å²) in [5.41, 5.74) is -0.198. The molecule has 1 fully saturated rings. The zero-order valence-electron chi connectivity index (χ0n) is 16.6. The topological polar surface area (TPSA) is 51.9 Å². The lowest BCUT2D eigenvalue weighted by Crippen LogP contribution is -2.49. The molecule has 0 saturated carbocycles. The summed E-state index contributed by atoms with van der Waals surface area (Å²) in [4.78, 5) is 15.1. The molecule has 1 atom stereocenters. The van der Waals surface area contributed by atoms with Crippen LogP contribution in [0.5, 0.6) is 0 Å². The zero-order chi connectivity index (χ0) is 20.0. The predicted molar refractivity (Wildman–Crippen MR) is 103 cm³/mol. The molecule has 28 heavy (non-hydrogen) atoms. The third-order valence-corrected chi connectivity index (χ3v) is 5.23. The van der Waals surface area contributed by atoms with E-state index in [4.69, 9.17) is 13.9 Å². The Morgan fingerprint density at radius 3 is 2.79 bits per heavy atom. The maximum atomic E-state index is 14.3. The lowest BCUT2D eigenvalue weighted by Gasteiger charge is -2.40. The van der Waals surface area contributed by atoms with Crippen molar-refractivity contribution in [1.82, 2.24) is 4.90 Å². The first kappa shape index (κ1) is 20.6. The molecule has 1 aromatic carbocycles. The van der Waals surface area contributed by atoms with Gasteiger partial charge in [-0.05, 0) is 56.5 Å². The SMILES string of the molecule is CCOC(=O)[C@@]1(Cc2ccccc2F)CCCN(Cc2ccc(COC)o2)C1. The summed E-state index contributed by atoms with van der Waals surface area (Å²) in [5, 5.41) is 0. The van der Waals surface area contributed by atoms with Gasteiger partial charge in [0.2, 0.25) is 0 Å². The van der Waals surface area contributed by atoms with Crippen LogP contribution < -0.4 is 0 Å². The van der Waals surface area contributed by atoms with E-state index < -0.39 is 5.41 Å². The minimum absolute atomic E-state index is 0.248. The van der Waals surface area contributed by atoms with E-state index in [0.717, 1.165) is 24.5 Å². The maximum Gasteiger partial charge on any atom is 0.313 e. The largest absolute Gasteiger partial charge is 0.466 e. The van der Waals surface area contributed by atoms with Crippen molar-refractivity contribution in [2.24, 2.45) is 5.41 Å². The van der Waals surface area contributed by atoms with Gasteiger partial charge in [-0.1, -0.05) is 18.2 Å². The average Bonchev–Trinajstić information content (AvgIpc) is 3.11. The first-order chi connectivity index (χ1) is 13.6. The summed E-state index contributed by atoms with van der Waals surface area (Å²) in [6.45, 7) is 4.52. The second-order valence-corrected chi connectivity index (χ2v) is 7.38. The lowest BCUT2D eigenvalue weighted by atomic mass is 9.75. The molecule has 0 spiro atoms. The summed E-state index contributed by atoms with van der Waals surface area (Å²) in [7, 11) is 1.63. The standard InChI is InChI=1S/C22H28FNO4/c1-3-27-21(25)22(13-17-7-4-5-8-20(17)23)11-6-12-24(16-22)14-18-9-10-19(28-18)15-26-2/h4-5,7-10H,3,6,11-16H2,1-2H3/t22-/m1/s1. The number of halogens is 1. The molecule has 0 unspecified atom stereocenters. The van der Waals surface area contributed by atoms with Gasteiger partial charge in [-0.15, -0.1) is 0 Å². The third kappa shape index (κ3) is 4.80. The fourth-order valence-corrected chi connectivity index (χ4v) is 3.98. The van der Waals surface area contributed by atoms with E-state index in [-0.39, 0.29) is 11.8 Å². The quantitative estimate of drug-likeness (QED) is 0.640. The Morgan fingerprint density at radius 2 is 2.04 bits per heavy atom. The minimum atomic E-state index is -0.752. The Morgan fingerprint density at radius 1 is 1.25 bits per heavy atom. The number of esters is 1. The Labute approximate surface area is 165 Å². The van der Waals surface area contributed by atoms with Crippen LogP contribution >= 0.6 is 0 Å². The number of hydrogen-bond donors (Lipinski definition) is 0. The summed E-state index contributed by atoms with van der Waals surface area (Å²) < 4.78 is 30.6. The second-order valence-electron chi connectivity index (χ2n) is 7.38. The van der Waals surface area contributed by atoms with Crippen LogP contribution in [0, 0.1) is 11.2 Å². The Kier molecular flexibility index (Phi) is 6.86. The number of rotatable bonds is 8. The Hall–Kier alpha value is -2.18.